The molecule has 0 aromatic heterocycles. The zero-order valence-electron chi connectivity index (χ0n) is 8.35. The summed E-state index contributed by atoms with van der Waals surface area (Å²) < 4.78 is 0. The van der Waals surface area contributed by atoms with Crippen molar-refractivity contribution in [2.45, 2.75) is 6.92 Å². The van der Waals surface area contributed by atoms with E-state index in [4.69, 9.17) is 10.2 Å². The number of aliphatic imine (C=N–C) groups is 2. The third-order valence-electron chi connectivity index (χ3n) is 1.53. The second-order valence-electron chi connectivity index (χ2n) is 2.48. The fourth-order valence-corrected chi connectivity index (χ4v) is 0.890. The van der Waals surface area contributed by atoms with Gasteiger partial charge in [-0.3, -0.25) is 0 Å². The van der Waals surface area contributed by atoms with Gasteiger partial charge in [-0.15, -0.1) is 0 Å². The van der Waals surface area contributed by atoms with Crippen LogP contribution < -0.4 is 0 Å². The minimum absolute atomic E-state index is 0.426. The smallest absolute Gasteiger partial charge is 0.222 e. The Bertz CT molecular complexity index is 492. The van der Waals surface area contributed by atoms with E-state index in [0.29, 0.717) is 11.4 Å². The fraction of sp³-hybridized carbons (Fsp3) is 0.100. The molecule has 0 heterocycles. The number of aryl methyl sites for hydroxylation is 1. The molecule has 0 aliphatic heterocycles. The van der Waals surface area contributed by atoms with E-state index in [-0.39, 0.29) is 0 Å². The number of hydrogen-bond donors (Lipinski definition) is 1. The number of isocyanates is 3. The molecule has 0 saturated heterocycles. The van der Waals surface area contributed by atoms with Gasteiger partial charge in [0.05, 0.1) is 11.4 Å². The Morgan fingerprint density at radius 1 is 1.12 bits per heavy atom. The van der Waals surface area contributed by atoms with Gasteiger partial charge in [0.15, 0.2) is 0 Å². The topological polar surface area (TPSA) is 99.8 Å². The van der Waals surface area contributed by atoms with Crippen molar-refractivity contribution in [1.82, 2.24) is 0 Å². The molecule has 0 aliphatic carbocycles. The maximum Gasteiger partial charge on any atom is 0.240 e. The predicted octanol–water partition coefficient (Wildman–Crippen LogP) is 1.83. The quantitative estimate of drug-likeness (QED) is 0.604. The standard InChI is InChI=1S/C9H6N2O2.CHNO/c1-7-2-3-8(10-5-12)4-9(7)11-6-13;2-1-3/h2-4H,1H3;2H. The number of hydrogen-bond acceptors (Lipinski definition) is 6. The molecule has 1 aromatic rings. The van der Waals surface area contributed by atoms with Crippen molar-refractivity contribution in [3.05, 3.63) is 23.8 Å². The van der Waals surface area contributed by atoms with Crippen molar-refractivity contribution in [3.8, 4) is 0 Å². The molecule has 6 nitrogen and oxygen atoms in total. The highest BCUT2D eigenvalue weighted by atomic mass is 16.1. The SMILES string of the molecule is Cc1ccc(N=C=O)cc1N=C=O.N=C=O. The fourth-order valence-electron chi connectivity index (χ4n) is 0.890. The monoisotopic (exact) mass is 217 g/mol. The summed E-state index contributed by atoms with van der Waals surface area (Å²) in [7, 11) is 0. The van der Waals surface area contributed by atoms with E-state index in [0.717, 1.165) is 11.6 Å². The summed E-state index contributed by atoms with van der Waals surface area (Å²) in [6, 6.07) is 4.88. The lowest BCUT2D eigenvalue weighted by molar-refractivity contribution is 0.562. The maximum atomic E-state index is 10.00. The molecular formula is C10H7N3O3. The van der Waals surface area contributed by atoms with Crippen molar-refractivity contribution < 1.29 is 14.4 Å². The molecular weight excluding hydrogens is 210 g/mol. The van der Waals surface area contributed by atoms with Gasteiger partial charge >= 0.3 is 0 Å². The lowest BCUT2D eigenvalue weighted by Crippen LogP contribution is -1.73. The van der Waals surface area contributed by atoms with E-state index in [9.17, 15) is 9.59 Å². The normalized spacial score (nSPS) is 7.31. The molecule has 6 heteroatoms. The van der Waals surface area contributed by atoms with Gasteiger partial charge in [-0.2, -0.15) is 9.98 Å². The predicted molar refractivity (Wildman–Crippen MR) is 55.2 cm³/mol. The van der Waals surface area contributed by atoms with Gasteiger partial charge < -0.3 is 0 Å². The van der Waals surface area contributed by atoms with E-state index >= 15 is 0 Å². The minimum atomic E-state index is 0.426. The number of rotatable bonds is 2. The molecule has 0 bridgehead atoms. The van der Waals surface area contributed by atoms with Crippen LogP contribution in [0.3, 0.4) is 0 Å². The van der Waals surface area contributed by atoms with Crippen molar-refractivity contribution in [3.63, 3.8) is 0 Å². The van der Waals surface area contributed by atoms with Crippen molar-refractivity contribution in [2.24, 2.45) is 9.98 Å². The van der Waals surface area contributed by atoms with Gasteiger partial charge in [0.1, 0.15) is 0 Å². The minimum Gasteiger partial charge on any atom is -0.222 e. The van der Waals surface area contributed by atoms with Gasteiger partial charge in [0.25, 0.3) is 0 Å². The van der Waals surface area contributed by atoms with E-state index in [1.165, 1.54) is 18.2 Å². The van der Waals surface area contributed by atoms with Crippen molar-refractivity contribution in [1.29, 1.82) is 5.41 Å². The molecule has 80 valence electrons. The first-order chi connectivity index (χ1) is 7.69. The molecule has 1 rings (SSSR count). The average Bonchev–Trinajstić information content (AvgIpc) is 2.25. The van der Waals surface area contributed by atoms with Crippen LogP contribution in [-0.2, 0) is 14.4 Å². The first-order valence-electron chi connectivity index (χ1n) is 3.99. The molecule has 1 N–H and O–H groups in total. The summed E-state index contributed by atoms with van der Waals surface area (Å²) in [5, 5.41) is 5.40. The molecule has 0 aliphatic rings. The first-order valence-corrected chi connectivity index (χ1v) is 3.99. The third kappa shape index (κ3) is 4.56. The molecule has 0 unspecified atom stereocenters. The third-order valence-corrected chi connectivity index (χ3v) is 1.53. The zero-order chi connectivity index (χ0) is 12.4. The molecule has 0 spiro atoms. The highest BCUT2D eigenvalue weighted by molar-refractivity contribution is 5.61. The van der Waals surface area contributed by atoms with Crippen LogP contribution in [0.4, 0.5) is 11.4 Å². The van der Waals surface area contributed by atoms with Crippen molar-refractivity contribution >= 4 is 29.6 Å². The van der Waals surface area contributed by atoms with Crippen LogP contribution in [0.15, 0.2) is 28.2 Å². The number of carbonyl (C=O) groups excluding carboxylic acids is 3. The summed E-state index contributed by atoms with van der Waals surface area (Å²) in [5.41, 5.74) is 1.72. The second-order valence-corrected chi connectivity index (χ2v) is 2.48. The Morgan fingerprint density at radius 3 is 2.19 bits per heavy atom. The lowest BCUT2D eigenvalue weighted by Gasteiger charge is -1.97. The van der Waals surface area contributed by atoms with E-state index < -0.39 is 0 Å². The summed E-state index contributed by atoms with van der Waals surface area (Å²) in [5.74, 6) is 0. The summed E-state index contributed by atoms with van der Waals surface area (Å²) >= 11 is 0. The highest BCUT2D eigenvalue weighted by Gasteiger charge is 1.97. The molecule has 1 aromatic carbocycles. The number of nitrogens with one attached hydrogen (secondary N) is 1. The molecule has 0 saturated carbocycles. The van der Waals surface area contributed by atoms with Gasteiger partial charge in [-0.05, 0) is 24.6 Å². The van der Waals surface area contributed by atoms with Crippen LogP contribution in [0.5, 0.6) is 0 Å². The Balaban J connectivity index is 0.000000673. The number of nitrogens with zero attached hydrogens (tertiary/aromatic N) is 2. The largest absolute Gasteiger partial charge is 0.240 e. The Hall–Kier alpha value is -2.64. The van der Waals surface area contributed by atoms with E-state index in [2.05, 4.69) is 9.98 Å². The maximum absolute atomic E-state index is 10.00. The van der Waals surface area contributed by atoms with E-state index in [1.54, 1.807) is 19.1 Å². The van der Waals surface area contributed by atoms with Crippen LogP contribution in [0.25, 0.3) is 0 Å². The second kappa shape index (κ2) is 7.74. The lowest BCUT2D eigenvalue weighted by atomic mass is 10.2. The van der Waals surface area contributed by atoms with Gasteiger partial charge in [-0.1, -0.05) is 6.07 Å². The Kier molecular flexibility index (Phi) is 6.46. The molecule has 0 radical (unpaired) electrons. The molecule has 16 heavy (non-hydrogen) atoms. The molecule has 0 fully saturated rings. The summed E-state index contributed by atoms with van der Waals surface area (Å²) in [4.78, 5) is 35.1. The van der Waals surface area contributed by atoms with E-state index in [1.807, 2.05) is 0 Å². The van der Waals surface area contributed by atoms with Gasteiger partial charge in [0.2, 0.25) is 18.2 Å². The van der Waals surface area contributed by atoms with Crippen LogP contribution in [0.2, 0.25) is 0 Å². The van der Waals surface area contributed by atoms with Crippen LogP contribution in [-0.4, -0.2) is 18.2 Å². The van der Waals surface area contributed by atoms with Gasteiger partial charge in [-0.25, -0.2) is 19.8 Å². The summed E-state index contributed by atoms with van der Waals surface area (Å²) in [6.07, 6.45) is 3.59. The van der Waals surface area contributed by atoms with Crippen LogP contribution >= 0.6 is 0 Å². The van der Waals surface area contributed by atoms with Gasteiger partial charge in [0, 0.05) is 0 Å². The van der Waals surface area contributed by atoms with Crippen molar-refractivity contribution in [2.75, 3.05) is 0 Å². The molecule has 0 amide bonds. The van der Waals surface area contributed by atoms with Crippen LogP contribution in [0, 0.1) is 12.3 Å². The first kappa shape index (κ1) is 13.4. The Labute approximate surface area is 90.9 Å². The average molecular weight is 217 g/mol. The van der Waals surface area contributed by atoms with Crippen LogP contribution in [0.1, 0.15) is 5.56 Å². The molecule has 0 atom stereocenters. The zero-order valence-corrected chi connectivity index (χ0v) is 8.35. The number of benzene rings is 1. The Morgan fingerprint density at radius 2 is 1.69 bits per heavy atom. The summed E-state index contributed by atoms with van der Waals surface area (Å²) in [6.45, 7) is 1.80. The highest BCUT2D eigenvalue weighted by Crippen LogP contribution is 2.23.